The molecule has 5 nitrogen and oxygen atoms in total. The minimum absolute atomic E-state index is 0.316. The molecule has 1 atom stereocenters. The Hall–Kier alpha value is -1.39. The molecule has 1 aromatic rings. The van der Waals surface area contributed by atoms with E-state index in [2.05, 4.69) is 15.0 Å². The third-order valence-electron chi connectivity index (χ3n) is 1.66. The maximum Gasteiger partial charge on any atom is 0.330 e. The van der Waals surface area contributed by atoms with Crippen LogP contribution < -0.4 is 0 Å². The lowest BCUT2D eigenvalue weighted by atomic mass is 10.3. The van der Waals surface area contributed by atoms with Gasteiger partial charge in [-0.25, -0.2) is 9.48 Å². The molecule has 0 bridgehead atoms. The number of ether oxygens (including phenoxy) is 1. The summed E-state index contributed by atoms with van der Waals surface area (Å²) in [6.45, 7) is 3.55. The van der Waals surface area contributed by atoms with Crippen molar-refractivity contribution in [3.63, 3.8) is 0 Å². The fourth-order valence-electron chi connectivity index (χ4n) is 0.948. The van der Waals surface area contributed by atoms with Gasteiger partial charge in [0, 0.05) is 0 Å². The fourth-order valence-corrected chi connectivity index (χ4v) is 0.948. The first-order chi connectivity index (χ1) is 5.66. The molecular weight excluding hydrogens is 158 g/mol. The molecule has 0 radical (unpaired) electrons. The minimum Gasteiger partial charge on any atom is -0.467 e. The van der Waals surface area contributed by atoms with Crippen LogP contribution in [0.2, 0.25) is 0 Å². The molecule has 0 saturated heterocycles. The van der Waals surface area contributed by atoms with Crippen molar-refractivity contribution < 1.29 is 9.53 Å². The van der Waals surface area contributed by atoms with Crippen molar-refractivity contribution >= 4 is 5.97 Å². The summed E-state index contributed by atoms with van der Waals surface area (Å²) in [7, 11) is 1.35. The zero-order valence-corrected chi connectivity index (χ0v) is 7.31. The van der Waals surface area contributed by atoms with E-state index in [0.717, 1.165) is 5.69 Å². The van der Waals surface area contributed by atoms with E-state index in [-0.39, 0.29) is 5.97 Å². The second-order valence-electron chi connectivity index (χ2n) is 2.52. The van der Waals surface area contributed by atoms with Crippen molar-refractivity contribution in [2.24, 2.45) is 0 Å². The van der Waals surface area contributed by atoms with Crippen LogP contribution in [0.3, 0.4) is 0 Å². The van der Waals surface area contributed by atoms with E-state index >= 15 is 0 Å². The molecule has 66 valence electrons. The lowest BCUT2D eigenvalue weighted by molar-refractivity contribution is -0.144. The van der Waals surface area contributed by atoms with Gasteiger partial charge in [0.05, 0.1) is 19.0 Å². The lowest BCUT2D eigenvalue weighted by Gasteiger charge is -2.09. The van der Waals surface area contributed by atoms with Crippen molar-refractivity contribution in [2.75, 3.05) is 7.11 Å². The van der Waals surface area contributed by atoms with E-state index in [9.17, 15) is 4.79 Å². The topological polar surface area (TPSA) is 57.0 Å². The number of hydrogen-bond acceptors (Lipinski definition) is 4. The van der Waals surface area contributed by atoms with Crippen LogP contribution in [0.1, 0.15) is 18.7 Å². The van der Waals surface area contributed by atoms with Crippen molar-refractivity contribution in [3.8, 4) is 0 Å². The van der Waals surface area contributed by atoms with Crippen LogP contribution in [0, 0.1) is 6.92 Å². The van der Waals surface area contributed by atoms with Gasteiger partial charge < -0.3 is 4.74 Å². The van der Waals surface area contributed by atoms with E-state index < -0.39 is 6.04 Å². The molecule has 0 spiro atoms. The Morgan fingerprint density at radius 3 is 2.83 bits per heavy atom. The van der Waals surface area contributed by atoms with Crippen molar-refractivity contribution in [2.45, 2.75) is 19.9 Å². The van der Waals surface area contributed by atoms with Crippen LogP contribution in [0.15, 0.2) is 6.20 Å². The first-order valence-electron chi connectivity index (χ1n) is 3.61. The van der Waals surface area contributed by atoms with Gasteiger partial charge >= 0.3 is 5.97 Å². The highest BCUT2D eigenvalue weighted by Gasteiger charge is 2.17. The molecule has 0 aliphatic carbocycles. The summed E-state index contributed by atoms with van der Waals surface area (Å²) < 4.78 is 6.08. The van der Waals surface area contributed by atoms with Gasteiger partial charge in [-0.3, -0.25) is 0 Å². The van der Waals surface area contributed by atoms with E-state index in [0.29, 0.717) is 0 Å². The second-order valence-corrected chi connectivity index (χ2v) is 2.52. The third-order valence-corrected chi connectivity index (χ3v) is 1.66. The molecular formula is C7H11N3O2. The van der Waals surface area contributed by atoms with Gasteiger partial charge in [0.15, 0.2) is 0 Å². The van der Waals surface area contributed by atoms with Gasteiger partial charge in [-0.1, -0.05) is 5.21 Å². The molecule has 0 aliphatic rings. The Labute approximate surface area is 70.3 Å². The molecule has 0 aliphatic heterocycles. The van der Waals surface area contributed by atoms with Gasteiger partial charge in [-0.05, 0) is 13.8 Å². The smallest absolute Gasteiger partial charge is 0.330 e. The summed E-state index contributed by atoms with van der Waals surface area (Å²) >= 11 is 0. The number of methoxy groups -OCH3 is 1. The molecule has 1 rings (SSSR count). The zero-order valence-electron chi connectivity index (χ0n) is 7.31. The van der Waals surface area contributed by atoms with Gasteiger partial charge in [0.2, 0.25) is 0 Å². The Kier molecular flexibility index (Phi) is 2.42. The van der Waals surface area contributed by atoms with Crippen LogP contribution >= 0.6 is 0 Å². The zero-order chi connectivity index (χ0) is 9.14. The Morgan fingerprint density at radius 2 is 2.42 bits per heavy atom. The highest BCUT2D eigenvalue weighted by atomic mass is 16.5. The number of carbonyl (C=O) groups excluding carboxylic acids is 1. The minimum atomic E-state index is -0.405. The van der Waals surface area contributed by atoms with Crippen LogP contribution in [-0.2, 0) is 9.53 Å². The SMILES string of the molecule is COC(=O)C(C)n1nncc1C. The van der Waals surface area contributed by atoms with Crippen LogP contribution in [0.4, 0.5) is 0 Å². The molecule has 1 unspecified atom stereocenters. The standard InChI is InChI=1S/C7H11N3O2/c1-5-4-8-9-10(5)6(2)7(11)12-3/h4,6H,1-3H3. The largest absolute Gasteiger partial charge is 0.467 e. The summed E-state index contributed by atoms with van der Waals surface area (Å²) in [5.74, 6) is -0.316. The molecule has 0 saturated carbocycles. The summed E-state index contributed by atoms with van der Waals surface area (Å²) in [4.78, 5) is 11.1. The van der Waals surface area contributed by atoms with Gasteiger partial charge in [0.1, 0.15) is 6.04 Å². The fraction of sp³-hybridized carbons (Fsp3) is 0.571. The number of carbonyl (C=O) groups is 1. The van der Waals surface area contributed by atoms with E-state index in [1.165, 1.54) is 11.8 Å². The first kappa shape index (κ1) is 8.70. The van der Waals surface area contributed by atoms with Crippen LogP contribution in [0.5, 0.6) is 0 Å². The number of hydrogen-bond donors (Lipinski definition) is 0. The van der Waals surface area contributed by atoms with Gasteiger partial charge in [0.25, 0.3) is 0 Å². The van der Waals surface area contributed by atoms with Gasteiger partial charge in [-0.2, -0.15) is 0 Å². The number of rotatable bonds is 2. The maximum atomic E-state index is 11.1. The summed E-state index contributed by atoms with van der Waals surface area (Å²) in [5, 5.41) is 7.42. The number of aryl methyl sites for hydroxylation is 1. The van der Waals surface area contributed by atoms with Crippen LogP contribution in [0.25, 0.3) is 0 Å². The molecule has 0 fully saturated rings. The molecule has 0 amide bonds. The van der Waals surface area contributed by atoms with E-state index in [4.69, 9.17) is 0 Å². The lowest BCUT2D eigenvalue weighted by Crippen LogP contribution is -2.19. The van der Waals surface area contributed by atoms with E-state index in [1.54, 1.807) is 13.1 Å². The quantitative estimate of drug-likeness (QED) is 0.598. The van der Waals surface area contributed by atoms with Gasteiger partial charge in [-0.15, -0.1) is 5.10 Å². The molecule has 0 aromatic carbocycles. The van der Waals surface area contributed by atoms with Crippen molar-refractivity contribution in [1.82, 2.24) is 15.0 Å². The first-order valence-corrected chi connectivity index (χ1v) is 3.61. The predicted molar refractivity (Wildman–Crippen MR) is 41.5 cm³/mol. The second kappa shape index (κ2) is 3.34. The normalized spacial score (nSPS) is 12.6. The monoisotopic (exact) mass is 169 g/mol. The average molecular weight is 169 g/mol. The average Bonchev–Trinajstić information content (AvgIpc) is 2.48. The highest BCUT2D eigenvalue weighted by Crippen LogP contribution is 2.07. The predicted octanol–water partition coefficient (Wildman–Crippen LogP) is 0.321. The summed E-state index contributed by atoms with van der Waals surface area (Å²) in [5.41, 5.74) is 0.841. The molecule has 1 heterocycles. The van der Waals surface area contributed by atoms with Crippen molar-refractivity contribution in [3.05, 3.63) is 11.9 Å². The van der Waals surface area contributed by atoms with Crippen molar-refractivity contribution in [1.29, 1.82) is 0 Å². The number of esters is 1. The third kappa shape index (κ3) is 1.44. The molecule has 1 aromatic heterocycles. The number of nitrogens with zero attached hydrogens (tertiary/aromatic N) is 3. The number of aromatic nitrogens is 3. The molecule has 5 heteroatoms. The maximum absolute atomic E-state index is 11.1. The van der Waals surface area contributed by atoms with E-state index in [1.807, 2.05) is 6.92 Å². The summed E-state index contributed by atoms with van der Waals surface area (Å²) in [6, 6.07) is -0.405. The Bertz CT molecular complexity index is 282. The summed E-state index contributed by atoms with van der Waals surface area (Å²) in [6.07, 6.45) is 1.60. The molecule has 0 N–H and O–H groups in total. The van der Waals surface area contributed by atoms with Crippen LogP contribution in [-0.4, -0.2) is 28.1 Å². The Morgan fingerprint density at radius 1 is 1.75 bits per heavy atom. The Balaban J connectivity index is 2.84. The highest BCUT2D eigenvalue weighted by molar-refractivity contribution is 5.73. The molecule has 12 heavy (non-hydrogen) atoms.